The Labute approximate surface area is 148 Å². The van der Waals surface area contributed by atoms with E-state index in [-0.39, 0.29) is 0 Å². The zero-order chi connectivity index (χ0) is 16.5. The van der Waals surface area contributed by atoms with Crippen molar-refractivity contribution in [3.05, 3.63) is 29.8 Å². The molecule has 0 atom stereocenters. The first-order valence-corrected chi connectivity index (χ1v) is 9.84. The molecule has 25 heavy (non-hydrogen) atoms. The van der Waals surface area contributed by atoms with Crippen molar-refractivity contribution in [1.82, 2.24) is 0 Å². The average Bonchev–Trinajstić information content (AvgIpc) is 3.58. The number of aliphatic imine (C=N–C) groups is 3. The van der Waals surface area contributed by atoms with Gasteiger partial charge in [0.1, 0.15) is 5.84 Å². The minimum absolute atomic E-state index is 0.335. The van der Waals surface area contributed by atoms with Crippen molar-refractivity contribution in [2.24, 2.45) is 25.8 Å². The van der Waals surface area contributed by atoms with E-state index >= 15 is 0 Å². The monoisotopic (exact) mass is 332 g/mol. The minimum atomic E-state index is 0.335. The fourth-order valence-corrected chi connectivity index (χ4v) is 4.29. The molecule has 0 N–H and O–H groups in total. The van der Waals surface area contributed by atoms with Crippen molar-refractivity contribution in [3.63, 3.8) is 0 Å². The van der Waals surface area contributed by atoms with Crippen LogP contribution in [-0.2, 0) is 0 Å². The second-order valence-electron chi connectivity index (χ2n) is 8.61. The molecule has 4 nitrogen and oxygen atoms in total. The lowest BCUT2D eigenvalue weighted by Crippen LogP contribution is -2.28. The maximum absolute atomic E-state index is 4.99. The van der Waals surface area contributed by atoms with Gasteiger partial charge < -0.3 is 4.90 Å². The summed E-state index contributed by atoms with van der Waals surface area (Å²) in [4.78, 5) is 17.0. The van der Waals surface area contributed by atoms with Crippen molar-refractivity contribution in [2.45, 2.75) is 44.9 Å². The molecule has 0 aromatic heterocycles. The molecule has 1 aromatic rings. The highest BCUT2D eigenvalue weighted by molar-refractivity contribution is 6.19. The van der Waals surface area contributed by atoms with E-state index in [2.05, 4.69) is 34.2 Å². The molecular formula is C21H24N4. The highest BCUT2D eigenvalue weighted by atomic mass is 15.1. The van der Waals surface area contributed by atoms with E-state index in [0.717, 1.165) is 23.8 Å². The summed E-state index contributed by atoms with van der Waals surface area (Å²) in [5.74, 6) is 1.96. The number of nitrogens with zero attached hydrogens (tertiary/aromatic N) is 4. The summed E-state index contributed by atoms with van der Waals surface area (Å²) in [6, 6.07) is 8.89. The second-order valence-corrected chi connectivity index (χ2v) is 8.61. The molecule has 6 rings (SSSR count). The van der Waals surface area contributed by atoms with E-state index in [1.165, 1.54) is 69.4 Å². The number of amidine groups is 2. The van der Waals surface area contributed by atoms with Crippen LogP contribution >= 0.6 is 0 Å². The smallest absolute Gasteiger partial charge is 0.161 e. The topological polar surface area (TPSA) is 40.3 Å². The number of hydrogen-bond acceptors (Lipinski definition) is 3. The highest BCUT2D eigenvalue weighted by Crippen LogP contribution is 2.63. The van der Waals surface area contributed by atoms with E-state index in [0.29, 0.717) is 10.8 Å². The minimum Gasteiger partial charge on any atom is -0.372 e. The summed E-state index contributed by atoms with van der Waals surface area (Å²) in [5.41, 5.74) is 4.68. The van der Waals surface area contributed by atoms with E-state index in [1.807, 2.05) is 0 Å². The number of hydrogen-bond donors (Lipinski definition) is 0. The molecule has 128 valence electrons. The third-order valence-corrected chi connectivity index (χ3v) is 6.76. The molecule has 2 spiro atoms. The average molecular weight is 332 g/mol. The Bertz CT molecular complexity index is 816. The summed E-state index contributed by atoms with van der Waals surface area (Å²) in [6.45, 7) is 3.35. The van der Waals surface area contributed by atoms with Crippen LogP contribution in [0.5, 0.6) is 0 Å². The Morgan fingerprint density at radius 2 is 1.68 bits per heavy atom. The van der Waals surface area contributed by atoms with Crippen LogP contribution in [-0.4, -0.2) is 37.0 Å². The first kappa shape index (κ1) is 14.2. The van der Waals surface area contributed by atoms with Gasteiger partial charge in [0.25, 0.3) is 0 Å². The molecule has 3 saturated carbocycles. The van der Waals surface area contributed by atoms with Gasteiger partial charge in [-0.25, -0.2) is 9.98 Å². The second kappa shape index (κ2) is 4.80. The van der Waals surface area contributed by atoms with Crippen LogP contribution in [0.3, 0.4) is 0 Å². The predicted octanol–water partition coefficient (Wildman–Crippen LogP) is 3.85. The first-order chi connectivity index (χ1) is 12.3. The molecule has 0 unspecified atom stereocenters. The van der Waals surface area contributed by atoms with Gasteiger partial charge in [-0.1, -0.05) is 0 Å². The normalized spacial score (nSPS) is 29.1. The summed E-state index contributed by atoms with van der Waals surface area (Å²) in [6.07, 6.45) is 9.00. The van der Waals surface area contributed by atoms with E-state index in [9.17, 15) is 0 Å². The van der Waals surface area contributed by atoms with Crippen LogP contribution in [0, 0.1) is 10.8 Å². The summed E-state index contributed by atoms with van der Waals surface area (Å²) in [5, 5.41) is 0. The van der Waals surface area contributed by atoms with Crippen LogP contribution < -0.4 is 4.90 Å². The van der Waals surface area contributed by atoms with Gasteiger partial charge in [-0.05, 0) is 69.2 Å². The molecule has 0 radical (unpaired) electrons. The van der Waals surface area contributed by atoms with Gasteiger partial charge in [-0.2, -0.15) is 0 Å². The predicted molar refractivity (Wildman–Crippen MR) is 102 cm³/mol. The largest absolute Gasteiger partial charge is 0.372 e. The molecule has 0 amide bonds. The quantitative estimate of drug-likeness (QED) is 0.599. The van der Waals surface area contributed by atoms with Gasteiger partial charge in [0, 0.05) is 40.9 Å². The van der Waals surface area contributed by atoms with E-state index in [4.69, 9.17) is 9.98 Å². The zero-order valence-electron chi connectivity index (χ0n) is 14.7. The van der Waals surface area contributed by atoms with Crippen molar-refractivity contribution in [1.29, 1.82) is 0 Å². The molecule has 4 heteroatoms. The van der Waals surface area contributed by atoms with Crippen LogP contribution in [0.15, 0.2) is 39.2 Å². The molecule has 5 aliphatic rings. The Hall–Kier alpha value is -1.97. The maximum Gasteiger partial charge on any atom is 0.161 e. The van der Waals surface area contributed by atoms with Gasteiger partial charge >= 0.3 is 0 Å². The number of anilines is 1. The van der Waals surface area contributed by atoms with Crippen LogP contribution in [0.4, 0.5) is 5.69 Å². The van der Waals surface area contributed by atoms with Crippen molar-refractivity contribution < 1.29 is 0 Å². The molecular weight excluding hydrogens is 308 g/mol. The maximum atomic E-state index is 4.99. The van der Waals surface area contributed by atoms with Crippen molar-refractivity contribution >= 4 is 23.1 Å². The third kappa shape index (κ3) is 2.30. The Balaban J connectivity index is 1.32. The number of benzene rings is 1. The summed E-state index contributed by atoms with van der Waals surface area (Å²) < 4.78 is 0. The first-order valence-electron chi connectivity index (χ1n) is 9.84. The molecule has 3 aliphatic carbocycles. The zero-order valence-corrected chi connectivity index (χ0v) is 14.7. The molecule has 1 aromatic carbocycles. The molecule has 4 fully saturated rings. The fraction of sp³-hybridized carbons (Fsp3) is 0.571. The lowest BCUT2D eigenvalue weighted by molar-refractivity contribution is 0.634. The highest BCUT2D eigenvalue weighted by Gasteiger charge is 2.60. The van der Waals surface area contributed by atoms with Gasteiger partial charge in [-0.3, -0.25) is 4.99 Å². The summed E-state index contributed by atoms with van der Waals surface area (Å²) in [7, 11) is 0. The number of rotatable bonds is 2. The van der Waals surface area contributed by atoms with Gasteiger partial charge in [0.05, 0.1) is 6.54 Å². The van der Waals surface area contributed by atoms with E-state index in [1.54, 1.807) is 0 Å². The molecule has 2 aliphatic heterocycles. The molecule has 2 heterocycles. The lowest BCUT2D eigenvalue weighted by Gasteiger charge is -2.22. The standard InChI is InChI=1S/C21H24N4/c1-2-12-25(11-1)16-5-3-15(4-6-16)18(23-17-13-20(17)7-8-20)24-19-21(9-10-21)14-22-19/h3-6H,1-2,7-14H2. The van der Waals surface area contributed by atoms with Gasteiger partial charge in [-0.15, -0.1) is 0 Å². The van der Waals surface area contributed by atoms with Gasteiger partial charge in [0.2, 0.25) is 0 Å². The lowest BCUT2D eigenvalue weighted by atomic mass is 10.0. The van der Waals surface area contributed by atoms with Crippen LogP contribution in [0.1, 0.15) is 50.5 Å². The Morgan fingerprint density at radius 1 is 0.960 bits per heavy atom. The van der Waals surface area contributed by atoms with E-state index < -0.39 is 0 Å². The van der Waals surface area contributed by atoms with Crippen LogP contribution in [0.25, 0.3) is 0 Å². The van der Waals surface area contributed by atoms with Crippen molar-refractivity contribution in [2.75, 3.05) is 24.5 Å². The molecule has 1 saturated heterocycles. The van der Waals surface area contributed by atoms with Crippen molar-refractivity contribution in [3.8, 4) is 0 Å². The Kier molecular flexibility index (Phi) is 2.73. The summed E-state index contributed by atoms with van der Waals surface area (Å²) >= 11 is 0. The Morgan fingerprint density at radius 3 is 2.24 bits per heavy atom. The SMILES string of the molecule is c1cc(N2CCCC2)ccc1C(=NC1=NCC12CC2)N=C1CC12CC2. The third-order valence-electron chi connectivity index (χ3n) is 6.76. The van der Waals surface area contributed by atoms with Crippen LogP contribution in [0.2, 0.25) is 0 Å². The molecule has 0 bridgehead atoms. The fourth-order valence-electron chi connectivity index (χ4n) is 4.29. The van der Waals surface area contributed by atoms with Gasteiger partial charge in [0.15, 0.2) is 5.84 Å².